The maximum atomic E-state index is 12.4. The molecular weight excluding hydrogens is 242 g/mol. The van der Waals surface area contributed by atoms with Crippen LogP contribution in [0.25, 0.3) is 0 Å². The molecule has 1 atom stereocenters. The Morgan fingerprint density at radius 1 is 1.26 bits per heavy atom. The molecule has 5 nitrogen and oxygen atoms in total. The van der Waals surface area contributed by atoms with Gasteiger partial charge in [-0.05, 0) is 25.2 Å². The van der Waals surface area contributed by atoms with E-state index in [2.05, 4.69) is 10.6 Å². The molecule has 1 unspecified atom stereocenters. The van der Waals surface area contributed by atoms with Crippen LogP contribution in [0.3, 0.4) is 0 Å². The fourth-order valence-electron chi connectivity index (χ4n) is 2.76. The van der Waals surface area contributed by atoms with E-state index in [0.717, 1.165) is 25.7 Å². The standard InChI is InChI=1S/C14H27N3O2/c1-10(2)8-11(12(18)16-3)17-13(19)14(9-15)6-4-5-7-14/h10-11H,4-9,15H2,1-3H3,(H,16,18)(H,17,19). The van der Waals surface area contributed by atoms with Gasteiger partial charge in [-0.3, -0.25) is 9.59 Å². The van der Waals surface area contributed by atoms with Gasteiger partial charge < -0.3 is 16.4 Å². The predicted molar refractivity (Wildman–Crippen MR) is 75.4 cm³/mol. The van der Waals surface area contributed by atoms with Crippen LogP contribution in [0, 0.1) is 11.3 Å². The number of likely N-dealkylation sites (N-methyl/N-ethyl adjacent to an activating group) is 1. The van der Waals surface area contributed by atoms with Crippen LogP contribution in [-0.4, -0.2) is 31.4 Å². The van der Waals surface area contributed by atoms with Crippen LogP contribution in [0.5, 0.6) is 0 Å². The van der Waals surface area contributed by atoms with Crippen molar-refractivity contribution in [3.63, 3.8) is 0 Å². The molecular formula is C14H27N3O2. The van der Waals surface area contributed by atoms with E-state index >= 15 is 0 Å². The van der Waals surface area contributed by atoms with Crippen LogP contribution >= 0.6 is 0 Å². The SMILES string of the molecule is CNC(=O)C(CC(C)C)NC(=O)C1(CN)CCCC1. The molecule has 1 rings (SSSR count). The fraction of sp³-hybridized carbons (Fsp3) is 0.857. The summed E-state index contributed by atoms with van der Waals surface area (Å²) in [5, 5.41) is 5.51. The van der Waals surface area contributed by atoms with E-state index in [1.807, 2.05) is 13.8 Å². The number of rotatable bonds is 6. The minimum absolute atomic E-state index is 0.0539. The molecule has 0 aromatic heterocycles. The summed E-state index contributed by atoms with van der Waals surface area (Å²) in [6.45, 7) is 4.44. The quantitative estimate of drug-likeness (QED) is 0.666. The summed E-state index contributed by atoms with van der Waals surface area (Å²) < 4.78 is 0. The van der Waals surface area contributed by atoms with Gasteiger partial charge in [0.2, 0.25) is 11.8 Å². The average molecular weight is 269 g/mol. The molecule has 0 saturated heterocycles. The number of nitrogens with one attached hydrogen (secondary N) is 2. The van der Waals surface area contributed by atoms with Gasteiger partial charge in [0, 0.05) is 13.6 Å². The second-order valence-electron chi connectivity index (χ2n) is 5.96. The lowest BCUT2D eigenvalue weighted by Crippen LogP contribution is -2.52. The van der Waals surface area contributed by atoms with E-state index < -0.39 is 11.5 Å². The summed E-state index contributed by atoms with van der Waals surface area (Å²) in [5.41, 5.74) is 5.34. The van der Waals surface area contributed by atoms with Crippen LogP contribution in [0.2, 0.25) is 0 Å². The normalized spacial score (nSPS) is 19.2. The zero-order valence-electron chi connectivity index (χ0n) is 12.3. The van der Waals surface area contributed by atoms with Gasteiger partial charge in [0.05, 0.1) is 5.41 Å². The largest absolute Gasteiger partial charge is 0.357 e. The minimum Gasteiger partial charge on any atom is -0.357 e. The second kappa shape index (κ2) is 6.89. The van der Waals surface area contributed by atoms with Gasteiger partial charge in [-0.2, -0.15) is 0 Å². The molecule has 110 valence electrons. The number of carbonyl (C=O) groups excluding carboxylic acids is 2. The van der Waals surface area contributed by atoms with Gasteiger partial charge in [0.1, 0.15) is 6.04 Å². The molecule has 0 bridgehead atoms. The molecule has 2 amide bonds. The second-order valence-corrected chi connectivity index (χ2v) is 5.96. The van der Waals surface area contributed by atoms with Crippen molar-refractivity contribution >= 4 is 11.8 Å². The topological polar surface area (TPSA) is 84.2 Å². The third kappa shape index (κ3) is 3.93. The Bertz CT molecular complexity index is 323. The number of hydrogen-bond donors (Lipinski definition) is 3. The first-order valence-corrected chi connectivity index (χ1v) is 7.18. The Balaban J connectivity index is 2.72. The Labute approximate surface area is 115 Å². The average Bonchev–Trinajstić information content (AvgIpc) is 2.86. The van der Waals surface area contributed by atoms with E-state index in [0.29, 0.717) is 18.9 Å². The lowest BCUT2D eigenvalue weighted by molar-refractivity contribution is -0.135. The van der Waals surface area contributed by atoms with Crippen molar-refractivity contribution in [2.75, 3.05) is 13.6 Å². The Kier molecular flexibility index (Phi) is 5.79. The summed E-state index contributed by atoms with van der Waals surface area (Å²) in [5.74, 6) is 0.161. The smallest absolute Gasteiger partial charge is 0.242 e. The molecule has 1 fully saturated rings. The van der Waals surface area contributed by atoms with E-state index in [1.54, 1.807) is 7.05 Å². The first-order valence-electron chi connectivity index (χ1n) is 7.18. The Hall–Kier alpha value is -1.10. The van der Waals surface area contributed by atoms with Crippen molar-refractivity contribution in [3.05, 3.63) is 0 Å². The maximum absolute atomic E-state index is 12.4. The number of carbonyl (C=O) groups is 2. The molecule has 1 aliphatic carbocycles. The van der Waals surface area contributed by atoms with Crippen LogP contribution in [-0.2, 0) is 9.59 Å². The molecule has 0 spiro atoms. The van der Waals surface area contributed by atoms with Gasteiger partial charge in [0.25, 0.3) is 0 Å². The highest BCUT2D eigenvalue weighted by Crippen LogP contribution is 2.37. The Morgan fingerprint density at radius 2 is 1.84 bits per heavy atom. The summed E-state index contributed by atoms with van der Waals surface area (Å²) in [7, 11) is 1.59. The van der Waals surface area contributed by atoms with Crippen LogP contribution in [0.15, 0.2) is 0 Å². The highest BCUT2D eigenvalue weighted by atomic mass is 16.2. The summed E-state index contributed by atoms with van der Waals surface area (Å²) >= 11 is 0. The van der Waals surface area contributed by atoms with E-state index in [1.165, 1.54) is 0 Å². The molecule has 1 saturated carbocycles. The zero-order chi connectivity index (χ0) is 14.5. The lowest BCUT2D eigenvalue weighted by Gasteiger charge is -2.29. The van der Waals surface area contributed by atoms with Crippen LogP contribution < -0.4 is 16.4 Å². The molecule has 0 aliphatic heterocycles. The van der Waals surface area contributed by atoms with Crippen molar-refractivity contribution in [2.45, 2.75) is 52.0 Å². The molecule has 4 N–H and O–H groups in total. The molecule has 19 heavy (non-hydrogen) atoms. The van der Waals surface area contributed by atoms with Crippen molar-refractivity contribution < 1.29 is 9.59 Å². The third-order valence-electron chi connectivity index (χ3n) is 4.01. The minimum atomic E-state index is -0.457. The van der Waals surface area contributed by atoms with E-state index in [-0.39, 0.29) is 11.8 Å². The van der Waals surface area contributed by atoms with Crippen molar-refractivity contribution in [2.24, 2.45) is 17.1 Å². The van der Waals surface area contributed by atoms with E-state index in [4.69, 9.17) is 5.73 Å². The first-order chi connectivity index (χ1) is 8.95. The zero-order valence-corrected chi connectivity index (χ0v) is 12.3. The molecule has 0 heterocycles. The molecule has 0 aromatic rings. The summed E-state index contributed by atoms with van der Waals surface area (Å²) in [6, 6.07) is -0.457. The van der Waals surface area contributed by atoms with Gasteiger partial charge >= 0.3 is 0 Å². The highest BCUT2D eigenvalue weighted by Gasteiger charge is 2.41. The Morgan fingerprint density at radius 3 is 2.26 bits per heavy atom. The number of nitrogens with two attached hydrogens (primary N) is 1. The first kappa shape index (κ1) is 16.0. The number of amides is 2. The fourth-order valence-corrected chi connectivity index (χ4v) is 2.76. The number of hydrogen-bond acceptors (Lipinski definition) is 3. The van der Waals surface area contributed by atoms with Crippen LogP contribution in [0.1, 0.15) is 46.0 Å². The van der Waals surface area contributed by atoms with Crippen molar-refractivity contribution in [1.82, 2.24) is 10.6 Å². The van der Waals surface area contributed by atoms with Crippen molar-refractivity contribution in [3.8, 4) is 0 Å². The van der Waals surface area contributed by atoms with Crippen molar-refractivity contribution in [1.29, 1.82) is 0 Å². The van der Waals surface area contributed by atoms with Crippen LogP contribution in [0.4, 0.5) is 0 Å². The lowest BCUT2D eigenvalue weighted by atomic mass is 9.84. The van der Waals surface area contributed by atoms with Gasteiger partial charge in [-0.1, -0.05) is 26.7 Å². The molecule has 0 aromatic carbocycles. The van der Waals surface area contributed by atoms with Gasteiger partial charge in [0.15, 0.2) is 0 Å². The highest BCUT2D eigenvalue weighted by molar-refractivity contribution is 5.90. The molecule has 1 aliphatic rings. The summed E-state index contributed by atoms with van der Waals surface area (Å²) in [6.07, 6.45) is 4.39. The molecule has 0 radical (unpaired) electrons. The predicted octanol–water partition coefficient (Wildman–Crippen LogP) is 0.782. The summed E-state index contributed by atoms with van der Waals surface area (Å²) in [4.78, 5) is 24.3. The third-order valence-corrected chi connectivity index (χ3v) is 4.01. The monoisotopic (exact) mass is 269 g/mol. The maximum Gasteiger partial charge on any atom is 0.242 e. The van der Waals surface area contributed by atoms with Gasteiger partial charge in [-0.25, -0.2) is 0 Å². The van der Waals surface area contributed by atoms with E-state index in [9.17, 15) is 9.59 Å². The molecule has 5 heteroatoms. The van der Waals surface area contributed by atoms with Gasteiger partial charge in [-0.15, -0.1) is 0 Å².